The molecule has 0 aliphatic carbocycles. The number of ether oxygens (including phenoxy) is 2. The minimum atomic E-state index is -0.596. The second-order valence-electron chi connectivity index (χ2n) is 3.48. The van der Waals surface area contributed by atoms with E-state index in [1.165, 1.54) is 0 Å². The Morgan fingerprint density at radius 1 is 1.38 bits per heavy atom. The van der Waals surface area contributed by atoms with Gasteiger partial charge in [-0.3, -0.25) is 0 Å². The van der Waals surface area contributed by atoms with Gasteiger partial charge in [-0.15, -0.1) is 0 Å². The van der Waals surface area contributed by atoms with Crippen molar-refractivity contribution in [3.05, 3.63) is 29.8 Å². The van der Waals surface area contributed by atoms with Crippen LogP contribution < -0.4 is 10.5 Å². The number of hydrogen-bond acceptors (Lipinski definition) is 4. The lowest BCUT2D eigenvalue weighted by Gasteiger charge is -2.12. The first kappa shape index (κ1) is 13.0. The van der Waals surface area contributed by atoms with Crippen molar-refractivity contribution < 1.29 is 14.6 Å². The number of nitrogens with two attached hydrogens (primary N) is 1. The summed E-state index contributed by atoms with van der Waals surface area (Å²) in [5.74, 6) is 0.721. The molecule has 1 unspecified atom stereocenters. The molecule has 0 heterocycles. The maximum absolute atomic E-state index is 9.49. The Morgan fingerprint density at radius 2 is 2.19 bits per heavy atom. The van der Waals surface area contributed by atoms with E-state index in [0.717, 1.165) is 11.3 Å². The summed E-state index contributed by atoms with van der Waals surface area (Å²) in [5, 5.41) is 9.49. The van der Waals surface area contributed by atoms with Crippen LogP contribution in [0, 0.1) is 0 Å². The number of rotatable bonds is 7. The first-order valence-electron chi connectivity index (χ1n) is 5.44. The zero-order valence-electron chi connectivity index (χ0n) is 9.56. The summed E-state index contributed by atoms with van der Waals surface area (Å²) in [5.41, 5.74) is 6.53. The first-order valence-corrected chi connectivity index (χ1v) is 5.44. The molecule has 4 heteroatoms. The van der Waals surface area contributed by atoms with Gasteiger partial charge >= 0.3 is 0 Å². The Balaban J connectivity index is 2.35. The summed E-state index contributed by atoms with van der Waals surface area (Å²) < 4.78 is 10.5. The van der Waals surface area contributed by atoms with Crippen molar-refractivity contribution >= 4 is 0 Å². The summed E-state index contributed by atoms with van der Waals surface area (Å²) in [7, 11) is 0. The highest BCUT2D eigenvalue weighted by Crippen LogP contribution is 2.13. The molecule has 1 aromatic carbocycles. The van der Waals surface area contributed by atoms with Gasteiger partial charge in [0.15, 0.2) is 0 Å². The van der Waals surface area contributed by atoms with Gasteiger partial charge < -0.3 is 20.3 Å². The van der Waals surface area contributed by atoms with Crippen molar-refractivity contribution in [1.29, 1.82) is 0 Å². The van der Waals surface area contributed by atoms with Crippen molar-refractivity contribution in [2.24, 2.45) is 5.73 Å². The summed E-state index contributed by atoms with van der Waals surface area (Å²) in [6.45, 7) is 3.50. The molecule has 0 radical (unpaired) electrons. The Bertz CT molecular complexity index is 304. The van der Waals surface area contributed by atoms with E-state index in [2.05, 4.69) is 0 Å². The zero-order valence-corrected chi connectivity index (χ0v) is 9.56. The smallest absolute Gasteiger partial charge is 0.119 e. The second kappa shape index (κ2) is 7.22. The third kappa shape index (κ3) is 4.61. The highest BCUT2D eigenvalue weighted by atomic mass is 16.5. The number of aliphatic hydroxyl groups excluding tert-OH is 1. The Hall–Kier alpha value is -1.10. The minimum absolute atomic E-state index is 0.230. The van der Waals surface area contributed by atoms with Crippen LogP contribution in [0.3, 0.4) is 0 Å². The molecule has 1 rings (SSSR count). The molecule has 0 bridgehead atoms. The van der Waals surface area contributed by atoms with E-state index >= 15 is 0 Å². The van der Waals surface area contributed by atoms with Crippen LogP contribution in [-0.2, 0) is 11.3 Å². The maximum Gasteiger partial charge on any atom is 0.119 e. The molecule has 0 aromatic heterocycles. The molecule has 0 saturated carbocycles. The van der Waals surface area contributed by atoms with Crippen LogP contribution >= 0.6 is 0 Å². The van der Waals surface area contributed by atoms with Crippen molar-refractivity contribution in [3.8, 4) is 5.75 Å². The van der Waals surface area contributed by atoms with E-state index in [-0.39, 0.29) is 6.61 Å². The first-order chi connectivity index (χ1) is 7.76. The average Bonchev–Trinajstić information content (AvgIpc) is 2.34. The lowest BCUT2D eigenvalue weighted by atomic mass is 10.2. The Kier molecular flexibility index (Phi) is 5.85. The minimum Gasteiger partial charge on any atom is -0.491 e. The molecule has 3 N–H and O–H groups in total. The third-order valence-electron chi connectivity index (χ3n) is 2.09. The highest BCUT2D eigenvalue weighted by Gasteiger charge is 2.05. The highest BCUT2D eigenvalue weighted by molar-refractivity contribution is 5.28. The fraction of sp³-hybridized carbons (Fsp3) is 0.500. The molecule has 4 nitrogen and oxygen atoms in total. The van der Waals surface area contributed by atoms with Crippen molar-refractivity contribution in [1.82, 2.24) is 0 Å². The van der Waals surface area contributed by atoms with E-state index in [1.54, 1.807) is 0 Å². The quantitative estimate of drug-likeness (QED) is 0.724. The van der Waals surface area contributed by atoms with Crippen LogP contribution in [0.15, 0.2) is 24.3 Å². The summed E-state index contributed by atoms with van der Waals surface area (Å²) in [6.07, 6.45) is -0.596. The molecule has 0 aliphatic rings. The maximum atomic E-state index is 9.49. The van der Waals surface area contributed by atoms with Gasteiger partial charge in [-0.2, -0.15) is 0 Å². The third-order valence-corrected chi connectivity index (χ3v) is 2.09. The van der Waals surface area contributed by atoms with Gasteiger partial charge in [0.05, 0.1) is 6.61 Å². The van der Waals surface area contributed by atoms with Crippen LogP contribution in [-0.4, -0.2) is 31.0 Å². The average molecular weight is 225 g/mol. The van der Waals surface area contributed by atoms with Crippen LogP contribution in [0.1, 0.15) is 12.5 Å². The fourth-order valence-corrected chi connectivity index (χ4v) is 1.26. The largest absolute Gasteiger partial charge is 0.491 e. The summed E-state index contributed by atoms with van der Waals surface area (Å²) >= 11 is 0. The van der Waals surface area contributed by atoms with Crippen LogP contribution in [0.2, 0.25) is 0 Å². The molecular weight excluding hydrogens is 206 g/mol. The molecule has 1 atom stereocenters. The SMILES string of the molecule is CCOCC(O)COc1cccc(CN)c1. The number of hydrogen-bond donors (Lipinski definition) is 2. The van der Waals surface area contributed by atoms with Crippen molar-refractivity contribution in [3.63, 3.8) is 0 Å². The molecule has 0 saturated heterocycles. The monoisotopic (exact) mass is 225 g/mol. The van der Waals surface area contributed by atoms with Gasteiger partial charge in [0.25, 0.3) is 0 Å². The van der Waals surface area contributed by atoms with E-state index in [1.807, 2.05) is 31.2 Å². The van der Waals surface area contributed by atoms with Crippen molar-refractivity contribution in [2.75, 3.05) is 19.8 Å². The molecule has 0 spiro atoms. The van der Waals surface area contributed by atoms with Gasteiger partial charge in [0, 0.05) is 13.2 Å². The van der Waals surface area contributed by atoms with Crippen LogP contribution in [0.25, 0.3) is 0 Å². The summed E-state index contributed by atoms with van der Waals surface area (Å²) in [6, 6.07) is 7.52. The second-order valence-corrected chi connectivity index (χ2v) is 3.48. The molecule has 0 amide bonds. The predicted molar refractivity (Wildman–Crippen MR) is 62.3 cm³/mol. The van der Waals surface area contributed by atoms with Gasteiger partial charge in [0.2, 0.25) is 0 Å². The molecule has 16 heavy (non-hydrogen) atoms. The van der Waals surface area contributed by atoms with Gasteiger partial charge in [-0.25, -0.2) is 0 Å². The topological polar surface area (TPSA) is 64.7 Å². The van der Waals surface area contributed by atoms with Crippen molar-refractivity contribution in [2.45, 2.75) is 19.6 Å². The molecule has 0 fully saturated rings. The fourth-order valence-electron chi connectivity index (χ4n) is 1.26. The van der Waals surface area contributed by atoms with Gasteiger partial charge in [-0.1, -0.05) is 12.1 Å². The summed E-state index contributed by atoms with van der Waals surface area (Å²) in [4.78, 5) is 0. The normalized spacial score (nSPS) is 12.4. The molecular formula is C12H19NO3. The van der Waals surface area contributed by atoms with E-state index in [4.69, 9.17) is 15.2 Å². The lowest BCUT2D eigenvalue weighted by Crippen LogP contribution is -2.23. The van der Waals surface area contributed by atoms with E-state index in [9.17, 15) is 5.11 Å². The lowest BCUT2D eigenvalue weighted by molar-refractivity contribution is 0.0164. The van der Waals surface area contributed by atoms with Gasteiger partial charge in [-0.05, 0) is 24.6 Å². The van der Waals surface area contributed by atoms with E-state index in [0.29, 0.717) is 19.8 Å². The standard InChI is InChI=1S/C12H19NO3/c1-2-15-8-11(14)9-16-12-5-3-4-10(6-12)7-13/h3-6,11,14H,2,7-9,13H2,1H3. The van der Waals surface area contributed by atoms with E-state index < -0.39 is 6.10 Å². The Labute approximate surface area is 96.0 Å². The number of aliphatic hydroxyl groups is 1. The number of benzene rings is 1. The molecule has 1 aromatic rings. The van der Waals surface area contributed by atoms with Crippen LogP contribution in [0.4, 0.5) is 0 Å². The predicted octanol–water partition coefficient (Wildman–Crippen LogP) is 0.922. The Morgan fingerprint density at radius 3 is 2.88 bits per heavy atom. The molecule has 0 aliphatic heterocycles. The molecule has 90 valence electrons. The van der Waals surface area contributed by atoms with Gasteiger partial charge in [0.1, 0.15) is 18.5 Å². The van der Waals surface area contributed by atoms with Crippen LogP contribution in [0.5, 0.6) is 5.75 Å². The zero-order chi connectivity index (χ0) is 11.8.